The zero-order valence-corrected chi connectivity index (χ0v) is 10.7. The summed E-state index contributed by atoms with van der Waals surface area (Å²) in [5, 5.41) is 13.2. The van der Waals surface area contributed by atoms with Gasteiger partial charge in [0, 0.05) is 18.9 Å². The summed E-state index contributed by atoms with van der Waals surface area (Å²) in [6.45, 7) is 4.26. The fourth-order valence-electron chi connectivity index (χ4n) is 1.97. The van der Waals surface area contributed by atoms with E-state index in [1.165, 1.54) is 0 Å². The maximum absolute atomic E-state index is 10.1. The zero-order valence-electron chi connectivity index (χ0n) is 10.7. The number of aromatic nitrogens is 3. The van der Waals surface area contributed by atoms with Gasteiger partial charge in [-0.05, 0) is 13.3 Å². The van der Waals surface area contributed by atoms with Crippen molar-refractivity contribution < 1.29 is 5.11 Å². The first-order valence-electron chi connectivity index (χ1n) is 6.07. The highest BCUT2D eigenvalue weighted by atomic mass is 16.3. The van der Waals surface area contributed by atoms with Crippen molar-refractivity contribution in [2.75, 3.05) is 17.6 Å². The van der Waals surface area contributed by atoms with Crippen LogP contribution in [0.1, 0.15) is 26.7 Å². The van der Waals surface area contributed by atoms with Gasteiger partial charge in [0.25, 0.3) is 0 Å². The Kier molecular flexibility index (Phi) is 3.38. The Bertz CT molecular complexity index is 534. The van der Waals surface area contributed by atoms with Crippen molar-refractivity contribution in [1.29, 1.82) is 0 Å². The van der Waals surface area contributed by atoms with Crippen LogP contribution in [-0.4, -0.2) is 31.6 Å². The zero-order chi connectivity index (χ0) is 13.2. The van der Waals surface area contributed by atoms with E-state index in [1.54, 1.807) is 23.7 Å². The van der Waals surface area contributed by atoms with Crippen molar-refractivity contribution in [3.63, 3.8) is 0 Å². The lowest BCUT2D eigenvalue weighted by Gasteiger charge is -2.23. The van der Waals surface area contributed by atoms with E-state index < -0.39 is 5.60 Å². The molecule has 98 valence electrons. The van der Waals surface area contributed by atoms with Crippen molar-refractivity contribution in [3.8, 4) is 0 Å². The number of imidazole rings is 1. The van der Waals surface area contributed by atoms with E-state index in [0.29, 0.717) is 23.8 Å². The molecule has 2 aromatic heterocycles. The Hall–Kier alpha value is -1.82. The highest BCUT2D eigenvalue weighted by Gasteiger charge is 2.19. The molecule has 2 aromatic rings. The quantitative estimate of drug-likeness (QED) is 0.742. The summed E-state index contributed by atoms with van der Waals surface area (Å²) < 4.78 is 1.80. The standard InChI is InChI=1S/C12H19N5O/c1-3-4-12(2,18)8-15-10-11-14-5-6-17(11)7-9(13)16-10/h5-7,18H,3-4,8,13H2,1-2H3,(H,15,16). The largest absolute Gasteiger partial charge is 0.388 e. The summed E-state index contributed by atoms with van der Waals surface area (Å²) in [7, 11) is 0. The van der Waals surface area contributed by atoms with Gasteiger partial charge in [-0.1, -0.05) is 13.3 Å². The smallest absolute Gasteiger partial charge is 0.180 e. The summed E-state index contributed by atoms with van der Waals surface area (Å²) >= 11 is 0. The van der Waals surface area contributed by atoms with Crippen LogP contribution in [-0.2, 0) is 0 Å². The average molecular weight is 249 g/mol. The van der Waals surface area contributed by atoms with Crippen LogP contribution in [0.15, 0.2) is 18.6 Å². The number of nitrogens with one attached hydrogen (secondary N) is 1. The van der Waals surface area contributed by atoms with Gasteiger partial charge in [-0.3, -0.25) is 0 Å². The van der Waals surface area contributed by atoms with Crippen LogP contribution in [0.4, 0.5) is 11.6 Å². The summed E-state index contributed by atoms with van der Waals surface area (Å²) in [5.74, 6) is 1.01. The van der Waals surface area contributed by atoms with E-state index in [-0.39, 0.29) is 0 Å². The van der Waals surface area contributed by atoms with Gasteiger partial charge in [-0.2, -0.15) is 0 Å². The summed E-state index contributed by atoms with van der Waals surface area (Å²) in [6.07, 6.45) is 6.86. The van der Waals surface area contributed by atoms with E-state index in [1.807, 2.05) is 13.1 Å². The number of hydrogen-bond acceptors (Lipinski definition) is 5. The summed E-state index contributed by atoms with van der Waals surface area (Å²) in [4.78, 5) is 8.42. The first-order valence-corrected chi connectivity index (χ1v) is 6.07. The van der Waals surface area contributed by atoms with Crippen molar-refractivity contribution in [1.82, 2.24) is 14.4 Å². The molecule has 0 aromatic carbocycles. The van der Waals surface area contributed by atoms with Gasteiger partial charge in [-0.25, -0.2) is 9.97 Å². The van der Waals surface area contributed by atoms with Crippen molar-refractivity contribution in [3.05, 3.63) is 18.6 Å². The molecule has 0 amide bonds. The maximum Gasteiger partial charge on any atom is 0.180 e. The molecule has 0 saturated carbocycles. The SMILES string of the molecule is CCCC(C)(O)CNc1nc(N)cn2ccnc12. The third-order valence-corrected chi connectivity index (χ3v) is 2.82. The van der Waals surface area contributed by atoms with Crippen LogP contribution >= 0.6 is 0 Å². The minimum Gasteiger partial charge on any atom is -0.388 e. The van der Waals surface area contributed by atoms with Crippen LogP contribution in [0.2, 0.25) is 0 Å². The number of aliphatic hydroxyl groups is 1. The molecule has 0 radical (unpaired) electrons. The third kappa shape index (κ3) is 2.70. The lowest BCUT2D eigenvalue weighted by molar-refractivity contribution is 0.0636. The third-order valence-electron chi connectivity index (χ3n) is 2.82. The molecule has 0 aliphatic rings. The fraction of sp³-hybridized carbons (Fsp3) is 0.500. The molecule has 0 aliphatic heterocycles. The van der Waals surface area contributed by atoms with E-state index in [4.69, 9.17) is 5.73 Å². The topological polar surface area (TPSA) is 88.5 Å². The molecule has 6 nitrogen and oxygen atoms in total. The molecule has 1 unspecified atom stereocenters. The van der Waals surface area contributed by atoms with Crippen LogP contribution in [0.25, 0.3) is 5.65 Å². The molecule has 2 heterocycles. The Labute approximate surface area is 106 Å². The lowest BCUT2D eigenvalue weighted by Crippen LogP contribution is -2.33. The van der Waals surface area contributed by atoms with Gasteiger partial charge >= 0.3 is 0 Å². The molecule has 6 heteroatoms. The number of rotatable bonds is 5. The van der Waals surface area contributed by atoms with Gasteiger partial charge in [0.1, 0.15) is 5.82 Å². The number of nitrogens with zero attached hydrogens (tertiary/aromatic N) is 3. The Balaban J connectivity index is 2.19. The molecule has 4 N–H and O–H groups in total. The highest BCUT2D eigenvalue weighted by molar-refractivity contribution is 5.64. The molecule has 0 bridgehead atoms. The van der Waals surface area contributed by atoms with Gasteiger partial charge in [0.2, 0.25) is 0 Å². The monoisotopic (exact) mass is 249 g/mol. The minimum absolute atomic E-state index is 0.415. The molecule has 18 heavy (non-hydrogen) atoms. The molecular formula is C12H19N5O. The first kappa shape index (κ1) is 12.6. The van der Waals surface area contributed by atoms with Gasteiger partial charge in [0.15, 0.2) is 11.5 Å². The molecule has 0 spiro atoms. The van der Waals surface area contributed by atoms with Gasteiger partial charge in [-0.15, -0.1) is 0 Å². The lowest BCUT2D eigenvalue weighted by atomic mass is 10.0. The molecule has 0 fully saturated rings. The van der Waals surface area contributed by atoms with Crippen LogP contribution in [0.5, 0.6) is 0 Å². The van der Waals surface area contributed by atoms with Gasteiger partial charge in [0.05, 0.1) is 11.8 Å². The second-order valence-corrected chi connectivity index (χ2v) is 4.77. The number of nitrogens with two attached hydrogens (primary N) is 1. The average Bonchev–Trinajstić information content (AvgIpc) is 2.73. The van der Waals surface area contributed by atoms with Crippen molar-refractivity contribution in [2.24, 2.45) is 0 Å². The predicted molar refractivity (Wildman–Crippen MR) is 71.4 cm³/mol. The van der Waals surface area contributed by atoms with E-state index in [9.17, 15) is 5.11 Å². The summed E-state index contributed by atoms with van der Waals surface area (Å²) in [5.41, 5.74) is 5.67. The molecular weight excluding hydrogens is 230 g/mol. The Morgan fingerprint density at radius 2 is 2.33 bits per heavy atom. The minimum atomic E-state index is -0.759. The number of nitrogen functional groups attached to an aromatic ring is 1. The summed E-state index contributed by atoms with van der Waals surface area (Å²) in [6, 6.07) is 0. The predicted octanol–water partition coefficient (Wildman–Crippen LogP) is 1.27. The molecule has 0 aliphatic carbocycles. The number of anilines is 2. The van der Waals surface area contributed by atoms with Crippen LogP contribution in [0.3, 0.4) is 0 Å². The Morgan fingerprint density at radius 1 is 1.56 bits per heavy atom. The molecule has 1 atom stereocenters. The highest BCUT2D eigenvalue weighted by Crippen LogP contribution is 2.17. The Morgan fingerprint density at radius 3 is 3.06 bits per heavy atom. The van der Waals surface area contributed by atoms with Crippen molar-refractivity contribution in [2.45, 2.75) is 32.3 Å². The number of hydrogen-bond donors (Lipinski definition) is 3. The maximum atomic E-state index is 10.1. The van der Waals surface area contributed by atoms with Crippen LogP contribution in [0, 0.1) is 0 Å². The number of fused-ring (bicyclic) bond motifs is 1. The normalized spacial score (nSPS) is 14.6. The van der Waals surface area contributed by atoms with Crippen LogP contribution < -0.4 is 11.1 Å². The molecule has 0 saturated heterocycles. The molecule has 2 rings (SSSR count). The first-order chi connectivity index (χ1) is 8.52. The van der Waals surface area contributed by atoms with Crippen molar-refractivity contribution >= 4 is 17.3 Å². The second kappa shape index (κ2) is 4.81. The second-order valence-electron chi connectivity index (χ2n) is 4.77. The van der Waals surface area contributed by atoms with E-state index in [0.717, 1.165) is 12.8 Å². The fourth-order valence-corrected chi connectivity index (χ4v) is 1.97. The van der Waals surface area contributed by atoms with E-state index >= 15 is 0 Å². The van der Waals surface area contributed by atoms with E-state index in [2.05, 4.69) is 15.3 Å². The van der Waals surface area contributed by atoms with Gasteiger partial charge < -0.3 is 20.6 Å².